The fourth-order valence-corrected chi connectivity index (χ4v) is 2.80. The molecule has 4 nitrogen and oxygen atoms in total. The Morgan fingerprint density at radius 3 is 2.50 bits per heavy atom. The van der Waals surface area contributed by atoms with E-state index in [0.717, 1.165) is 29.7 Å². The molecule has 1 aromatic rings. The van der Waals surface area contributed by atoms with E-state index in [4.69, 9.17) is 4.74 Å². The van der Waals surface area contributed by atoms with E-state index in [-0.39, 0.29) is 5.91 Å². The summed E-state index contributed by atoms with van der Waals surface area (Å²) in [6, 6.07) is 5.97. The molecule has 4 heteroatoms. The summed E-state index contributed by atoms with van der Waals surface area (Å²) >= 11 is 0. The molecule has 1 aliphatic rings. The summed E-state index contributed by atoms with van der Waals surface area (Å²) in [5.74, 6) is 0.828. The number of methoxy groups -OCH3 is 1. The lowest BCUT2D eigenvalue weighted by Gasteiger charge is -2.27. The minimum Gasteiger partial charge on any atom is -0.496 e. The van der Waals surface area contributed by atoms with E-state index in [1.807, 2.05) is 39.0 Å². The van der Waals surface area contributed by atoms with E-state index in [9.17, 15) is 9.90 Å². The molecule has 0 saturated heterocycles. The molecule has 1 aromatic carbocycles. The van der Waals surface area contributed by atoms with Crippen LogP contribution in [-0.4, -0.2) is 30.3 Å². The van der Waals surface area contributed by atoms with Gasteiger partial charge < -0.3 is 15.2 Å². The van der Waals surface area contributed by atoms with Crippen LogP contribution in [0.1, 0.15) is 50.7 Å². The number of carbonyl (C=O) groups excluding carboxylic acids is 1. The number of nitrogens with one attached hydrogen (secondary N) is 1. The lowest BCUT2D eigenvalue weighted by molar-refractivity contribution is -0.125. The van der Waals surface area contributed by atoms with Gasteiger partial charge in [0.2, 0.25) is 5.91 Å². The molecule has 1 saturated carbocycles. The van der Waals surface area contributed by atoms with Gasteiger partial charge in [0.1, 0.15) is 5.75 Å². The van der Waals surface area contributed by atoms with Crippen LogP contribution in [-0.2, 0) is 10.2 Å². The number of benzene rings is 1. The number of carbonyl (C=O) groups is 1. The Hall–Kier alpha value is -1.55. The first-order valence-electron chi connectivity index (χ1n) is 8.06. The molecule has 0 bridgehead atoms. The van der Waals surface area contributed by atoms with Gasteiger partial charge in [0.05, 0.1) is 18.1 Å². The largest absolute Gasteiger partial charge is 0.496 e. The molecule has 122 valence electrons. The highest BCUT2D eigenvalue weighted by atomic mass is 16.5. The van der Waals surface area contributed by atoms with E-state index in [0.29, 0.717) is 19.4 Å². The summed E-state index contributed by atoms with van der Waals surface area (Å²) in [6.45, 7) is 6.18. The molecule has 0 aromatic heterocycles. The van der Waals surface area contributed by atoms with Crippen LogP contribution in [0.15, 0.2) is 18.2 Å². The third kappa shape index (κ3) is 3.12. The molecular weight excluding hydrogens is 278 g/mol. The Balaban J connectivity index is 2.12. The van der Waals surface area contributed by atoms with Crippen molar-refractivity contribution in [2.24, 2.45) is 0 Å². The predicted molar refractivity (Wildman–Crippen MR) is 87.2 cm³/mol. The van der Waals surface area contributed by atoms with Gasteiger partial charge in [0.25, 0.3) is 0 Å². The smallest absolute Gasteiger partial charge is 0.230 e. The average Bonchev–Trinajstić information content (AvgIpc) is 3.34. The zero-order chi connectivity index (χ0) is 16.4. The lowest BCUT2D eigenvalue weighted by atomic mass is 9.92. The number of amides is 1. The topological polar surface area (TPSA) is 58.6 Å². The second-order valence-electron chi connectivity index (χ2n) is 6.38. The Kier molecular flexibility index (Phi) is 4.81. The molecule has 1 amide bonds. The maximum absolute atomic E-state index is 12.6. The minimum atomic E-state index is -0.809. The Morgan fingerprint density at radius 1 is 1.36 bits per heavy atom. The van der Waals surface area contributed by atoms with Gasteiger partial charge in [0, 0.05) is 6.54 Å². The quantitative estimate of drug-likeness (QED) is 0.814. The summed E-state index contributed by atoms with van der Waals surface area (Å²) in [4.78, 5) is 12.6. The molecule has 1 aliphatic carbocycles. The van der Waals surface area contributed by atoms with Crippen molar-refractivity contribution in [1.82, 2.24) is 5.32 Å². The van der Waals surface area contributed by atoms with Gasteiger partial charge >= 0.3 is 0 Å². The second kappa shape index (κ2) is 6.29. The molecule has 1 fully saturated rings. The Bertz CT molecular complexity index is 545. The SMILES string of the molecule is CCC(O)(CC)CNC(=O)C1(c2ccc(C)c(OC)c2)CC1. The van der Waals surface area contributed by atoms with Gasteiger partial charge in [0.15, 0.2) is 0 Å². The molecule has 0 heterocycles. The molecule has 0 unspecified atom stereocenters. The third-order valence-corrected chi connectivity index (χ3v) is 5.04. The number of rotatable bonds is 7. The van der Waals surface area contributed by atoms with Gasteiger partial charge in [-0.15, -0.1) is 0 Å². The summed E-state index contributed by atoms with van der Waals surface area (Å²) in [7, 11) is 1.65. The highest BCUT2D eigenvalue weighted by Crippen LogP contribution is 2.49. The average molecular weight is 305 g/mol. The van der Waals surface area contributed by atoms with Crippen LogP contribution in [0.2, 0.25) is 0 Å². The molecule has 0 radical (unpaired) electrons. The first-order chi connectivity index (χ1) is 10.4. The van der Waals surface area contributed by atoms with Crippen molar-refractivity contribution in [3.05, 3.63) is 29.3 Å². The Morgan fingerprint density at radius 2 is 2.00 bits per heavy atom. The summed E-state index contributed by atoms with van der Waals surface area (Å²) in [6.07, 6.45) is 2.97. The summed E-state index contributed by atoms with van der Waals surface area (Å²) in [5.41, 5.74) is 0.817. The van der Waals surface area contributed by atoms with E-state index in [2.05, 4.69) is 5.32 Å². The van der Waals surface area contributed by atoms with Crippen molar-refractivity contribution in [3.63, 3.8) is 0 Å². The standard InChI is InChI=1S/C18H27NO3/c1-5-17(21,6-2)12-19-16(20)18(9-10-18)14-8-7-13(3)15(11-14)22-4/h7-8,11,21H,5-6,9-10,12H2,1-4H3,(H,19,20). The third-order valence-electron chi connectivity index (χ3n) is 5.04. The van der Waals surface area contributed by atoms with Crippen molar-refractivity contribution >= 4 is 5.91 Å². The van der Waals surface area contributed by atoms with Gasteiger partial charge in [-0.25, -0.2) is 0 Å². The van der Waals surface area contributed by atoms with Gasteiger partial charge in [-0.1, -0.05) is 26.0 Å². The van der Waals surface area contributed by atoms with Crippen LogP contribution in [0, 0.1) is 6.92 Å². The zero-order valence-electron chi connectivity index (χ0n) is 14.0. The molecule has 2 rings (SSSR count). The van der Waals surface area contributed by atoms with Crippen molar-refractivity contribution in [2.75, 3.05) is 13.7 Å². The number of hydrogen-bond acceptors (Lipinski definition) is 3. The fourth-order valence-electron chi connectivity index (χ4n) is 2.80. The van der Waals surface area contributed by atoms with Crippen molar-refractivity contribution in [2.45, 2.75) is 57.5 Å². The molecule has 0 spiro atoms. The number of hydrogen-bond donors (Lipinski definition) is 2. The predicted octanol–water partition coefficient (Wildman–Crippen LogP) is 2.70. The normalized spacial score (nSPS) is 16.2. The van der Waals surface area contributed by atoms with Gasteiger partial charge in [-0.3, -0.25) is 4.79 Å². The number of aryl methyl sites for hydroxylation is 1. The summed E-state index contributed by atoms with van der Waals surface area (Å²) in [5, 5.41) is 13.3. The van der Waals surface area contributed by atoms with Crippen LogP contribution in [0.5, 0.6) is 5.75 Å². The number of ether oxygens (including phenoxy) is 1. The van der Waals surface area contributed by atoms with E-state index in [1.54, 1.807) is 7.11 Å². The summed E-state index contributed by atoms with van der Waals surface area (Å²) < 4.78 is 5.37. The minimum absolute atomic E-state index is 0.0127. The lowest BCUT2D eigenvalue weighted by Crippen LogP contribution is -2.45. The molecule has 22 heavy (non-hydrogen) atoms. The van der Waals surface area contributed by atoms with Crippen LogP contribution < -0.4 is 10.1 Å². The van der Waals surface area contributed by atoms with Crippen molar-refractivity contribution in [1.29, 1.82) is 0 Å². The maximum Gasteiger partial charge on any atom is 0.230 e. The second-order valence-corrected chi connectivity index (χ2v) is 6.38. The first kappa shape index (κ1) is 16.8. The zero-order valence-corrected chi connectivity index (χ0v) is 14.0. The number of aliphatic hydroxyl groups is 1. The highest BCUT2D eigenvalue weighted by Gasteiger charge is 2.51. The Labute approximate surface area is 132 Å². The first-order valence-corrected chi connectivity index (χ1v) is 8.06. The molecule has 2 N–H and O–H groups in total. The van der Waals surface area contributed by atoms with Crippen LogP contribution >= 0.6 is 0 Å². The van der Waals surface area contributed by atoms with Crippen LogP contribution in [0.25, 0.3) is 0 Å². The molecule has 0 atom stereocenters. The molecular formula is C18H27NO3. The maximum atomic E-state index is 12.6. The monoisotopic (exact) mass is 305 g/mol. The van der Waals surface area contributed by atoms with E-state index in [1.165, 1.54) is 0 Å². The van der Waals surface area contributed by atoms with Gasteiger partial charge in [-0.2, -0.15) is 0 Å². The van der Waals surface area contributed by atoms with E-state index >= 15 is 0 Å². The fraction of sp³-hybridized carbons (Fsp3) is 0.611. The van der Waals surface area contributed by atoms with Crippen LogP contribution in [0.4, 0.5) is 0 Å². The highest BCUT2D eigenvalue weighted by molar-refractivity contribution is 5.91. The van der Waals surface area contributed by atoms with Gasteiger partial charge in [-0.05, 0) is 49.8 Å². The van der Waals surface area contributed by atoms with E-state index < -0.39 is 11.0 Å². The van der Waals surface area contributed by atoms with Crippen molar-refractivity contribution in [3.8, 4) is 5.75 Å². The van der Waals surface area contributed by atoms with Crippen molar-refractivity contribution < 1.29 is 14.6 Å². The van der Waals surface area contributed by atoms with Crippen LogP contribution in [0.3, 0.4) is 0 Å². The molecule has 0 aliphatic heterocycles.